The molecule has 1 saturated heterocycles. The summed E-state index contributed by atoms with van der Waals surface area (Å²) in [7, 11) is 0. The van der Waals surface area contributed by atoms with Crippen LogP contribution in [0.3, 0.4) is 0 Å². The first-order valence-electron chi connectivity index (χ1n) is 14.1. The highest BCUT2D eigenvalue weighted by Gasteiger charge is 2.76. The second-order valence-electron chi connectivity index (χ2n) is 12.8. The highest BCUT2D eigenvalue weighted by molar-refractivity contribution is 6.01. The number of anilines is 1. The summed E-state index contributed by atoms with van der Waals surface area (Å²) in [5.74, 6) is -2.70. The van der Waals surface area contributed by atoms with Gasteiger partial charge in [-0.3, -0.25) is 9.59 Å². The monoisotopic (exact) mass is 548 g/mol. The number of aliphatic hydroxyl groups excluding tert-OH is 2. The number of aliphatic carboxylic acids is 1. The standard InChI is InChI=1S/C31H36N2O7/c1-29-11-10-19(35)12-17(29)8-9-20-21-13-22-26(27(38)39)33(28(40)32-18-6-4-3-5-7-18)16-31(22,24(37)15-34)30(21,2)14-23(36)25(20)29/h3-7,10-12,20-23,25-26,34,36H,8-9,13-16H2,1-2H3,(H,32,40)(H,38,39)/t20-,21-,22-,23-,25+,26?,29-,30-,31+/m0/s1. The van der Waals surface area contributed by atoms with Gasteiger partial charge in [0.25, 0.3) is 0 Å². The largest absolute Gasteiger partial charge is 0.480 e. The number of amides is 2. The maximum absolute atomic E-state index is 13.8. The number of urea groups is 1. The molecule has 2 amide bonds. The number of nitrogens with zero attached hydrogens (tertiary/aromatic N) is 1. The molecule has 4 N–H and O–H groups in total. The van der Waals surface area contributed by atoms with Crippen LogP contribution in [0.4, 0.5) is 10.5 Å². The molecule has 1 aromatic carbocycles. The van der Waals surface area contributed by atoms with Crippen LogP contribution in [0, 0.1) is 39.9 Å². The lowest BCUT2D eigenvalue weighted by atomic mass is 9.44. The molecule has 0 aromatic heterocycles. The molecule has 0 radical (unpaired) electrons. The van der Waals surface area contributed by atoms with Gasteiger partial charge in [-0.25, -0.2) is 9.59 Å². The van der Waals surface area contributed by atoms with Gasteiger partial charge in [0, 0.05) is 29.5 Å². The fourth-order valence-corrected chi connectivity index (χ4v) is 9.77. The number of Topliss-reactive ketones (excluding diaryl/α,β-unsaturated/α-hetero) is 1. The number of carboxylic acid groups (broad SMARTS) is 1. The number of carbonyl (C=O) groups is 4. The number of para-hydroxylation sites is 1. The van der Waals surface area contributed by atoms with Gasteiger partial charge in [-0.05, 0) is 67.2 Å². The first-order chi connectivity index (χ1) is 19.0. The zero-order valence-corrected chi connectivity index (χ0v) is 22.7. The van der Waals surface area contributed by atoms with Crippen molar-refractivity contribution >= 4 is 29.3 Å². The Hall–Kier alpha value is -3.30. The molecule has 0 spiro atoms. The Morgan fingerprint density at radius 1 is 1.12 bits per heavy atom. The third-order valence-corrected chi connectivity index (χ3v) is 11.4. The van der Waals surface area contributed by atoms with Crippen LogP contribution < -0.4 is 5.32 Å². The Bertz CT molecular complexity index is 1340. The van der Waals surface area contributed by atoms with Crippen LogP contribution in [-0.4, -0.2) is 69.1 Å². The highest BCUT2D eigenvalue weighted by atomic mass is 16.4. The van der Waals surface area contributed by atoms with Crippen molar-refractivity contribution in [2.75, 3.05) is 18.5 Å². The quantitative estimate of drug-likeness (QED) is 0.453. The summed E-state index contributed by atoms with van der Waals surface area (Å²) in [6.45, 7) is 3.11. The van der Waals surface area contributed by atoms with E-state index >= 15 is 0 Å². The van der Waals surface area contributed by atoms with Crippen LogP contribution in [0.1, 0.15) is 39.5 Å². The minimum Gasteiger partial charge on any atom is -0.480 e. The number of benzene rings is 1. The molecule has 40 heavy (non-hydrogen) atoms. The van der Waals surface area contributed by atoms with Crippen molar-refractivity contribution < 1.29 is 34.5 Å². The molecule has 0 bridgehead atoms. The molecule has 1 unspecified atom stereocenters. The molecule has 1 heterocycles. The molecule has 4 fully saturated rings. The number of allylic oxidation sites excluding steroid dienone is 4. The summed E-state index contributed by atoms with van der Waals surface area (Å²) in [4.78, 5) is 53.5. The van der Waals surface area contributed by atoms with Gasteiger partial charge >= 0.3 is 12.0 Å². The minimum atomic E-state index is -1.31. The van der Waals surface area contributed by atoms with Crippen LogP contribution in [-0.2, 0) is 14.4 Å². The zero-order chi connectivity index (χ0) is 28.6. The Morgan fingerprint density at radius 3 is 2.52 bits per heavy atom. The summed E-state index contributed by atoms with van der Waals surface area (Å²) in [6.07, 6.45) is 6.40. The van der Waals surface area contributed by atoms with Gasteiger partial charge in [0.05, 0.1) is 11.5 Å². The summed E-state index contributed by atoms with van der Waals surface area (Å²) >= 11 is 0. The van der Waals surface area contributed by atoms with Crippen molar-refractivity contribution in [1.29, 1.82) is 0 Å². The topological polar surface area (TPSA) is 144 Å². The predicted octanol–water partition coefficient (Wildman–Crippen LogP) is 3.04. The number of hydrogen-bond donors (Lipinski definition) is 4. The Balaban J connectivity index is 1.41. The third kappa shape index (κ3) is 3.46. The van der Waals surface area contributed by atoms with Gasteiger partial charge in [0.2, 0.25) is 0 Å². The number of likely N-dealkylation sites (tertiary alicyclic amines) is 1. The molecule has 6 rings (SSSR count). The van der Waals surface area contributed by atoms with E-state index in [0.717, 1.165) is 12.0 Å². The lowest BCUT2D eigenvalue weighted by Crippen LogP contribution is -2.60. The van der Waals surface area contributed by atoms with E-state index in [9.17, 15) is 34.5 Å². The zero-order valence-electron chi connectivity index (χ0n) is 22.7. The van der Waals surface area contributed by atoms with Crippen molar-refractivity contribution in [3.8, 4) is 0 Å². The van der Waals surface area contributed by atoms with Gasteiger partial charge in [-0.2, -0.15) is 0 Å². The summed E-state index contributed by atoms with van der Waals surface area (Å²) < 4.78 is 0. The summed E-state index contributed by atoms with van der Waals surface area (Å²) in [5, 5.41) is 35.2. The van der Waals surface area contributed by atoms with Crippen molar-refractivity contribution in [2.45, 2.75) is 51.7 Å². The molecule has 9 heteroatoms. The fraction of sp³-hybridized carbons (Fsp3) is 0.548. The van der Waals surface area contributed by atoms with Crippen LogP contribution in [0.15, 0.2) is 54.1 Å². The highest BCUT2D eigenvalue weighted by Crippen LogP contribution is 2.73. The number of rotatable bonds is 4. The second kappa shape index (κ2) is 9.11. The van der Waals surface area contributed by atoms with Crippen molar-refractivity contribution in [2.24, 2.45) is 39.9 Å². The molecule has 4 aliphatic carbocycles. The summed E-state index contributed by atoms with van der Waals surface area (Å²) in [6, 6.07) is 6.87. The number of carboxylic acids is 1. The van der Waals surface area contributed by atoms with Crippen molar-refractivity contribution in [1.82, 2.24) is 4.90 Å². The van der Waals surface area contributed by atoms with E-state index < -0.39 is 58.7 Å². The molecular weight excluding hydrogens is 512 g/mol. The molecule has 9 atom stereocenters. The van der Waals surface area contributed by atoms with Crippen LogP contribution in [0.25, 0.3) is 0 Å². The first kappa shape index (κ1) is 26.9. The number of carbonyl (C=O) groups excluding carboxylic acids is 3. The predicted molar refractivity (Wildman–Crippen MR) is 145 cm³/mol. The van der Waals surface area contributed by atoms with E-state index in [2.05, 4.69) is 12.2 Å². The van der Waals surface area contributed by atoms with Crippen molar-refractivity contribution in [3.05, 3.63) is 54.1 Å². The van der Waals surface area contributed by atoms with Crippen LogP contribution in [0.2, 0.25) is 0 Å². The molecular formula is C31H36N2O7. The van der Waals surface area contributed by atoms with Crippen LogP contribution >= 0.6 is 0 Å². The number of aliphatic hydroxyl groups is 2. The molecule has 212 valence electrons. The molecule has 9 nitrogen and oxygen atoms in total. The Morgan fingerprint density at radius 2 is 1.85 bits per heavy atom. The second-order valence-corrected chi connectivity index (χ2v) is 12.8. The van der Waals surface area contributed by atoms with E-state index in [1.807, 2.05) is 13.0 Å². The Kier molecular flexibility index (Phi) is 6.12. The maximum Gasteiger partial charge on any atom is 0.326 e. The van der Waals surface area contributed by atoms with E-state index in [4.69, 9.17) is 0 Å². The first-order valence-corrected chi connectivity index (χ1v) is 14.1. The van der Waals surface area contributed by atoms with Gasteiger partial charge < -0.3 is 25.5 Å². The van der Waals surface area contributed by atoms with E-state index in [1.54, 1.807) is 42.5 Å². The Labute approximate surface area is 232 Å². The number of hydrogen-bond acceptors (Lipinski definition) is 6. The third-order valence-electron chi connectivity index (χ3n) is 11.4. The number of fused-ring (bicyclic) bond motifs is 7. The van der Waals surface area contributed by atoms with E-state index in [1.165, 1.54) is 4.90 Å². The fourth-order valence-electron chi connectivity index (χ4n) is 9.77. The van der Waals surface area contributed by atoms with Crippen LogP contribution in [0.5, 0.6) is 0 Å². The average molecular weight is 549 g/mol. The lowest BCUT2D eigenvalue weighted by molar-refractivity contribution is -0.158. The number of ketones is 2. The molecule has 1 aromatic rings. The van der Waals surface area contributed by atoms with E-state index in [-0.39, 0.29) is 36.5 Å². The van der Waals surface area contributed by atoms with Gasteiger partial charge in [-0.15, -0.1) is 0 Å². The lowest BCUT2D eigenvalue weighted by Gasteiger charge is -2.60. The van der Waals surface area contributed by atoms with Gasteiger partial charge in [-0.1, -0.05) is 43.7 Å². The van der Waals surface area contributed by atoms with Gasteiger partial charge in [0.1, 0.15) is 12.6 Å². The average Bonchev–Trinajstić information content (AvgIpc) is 3.39. The number of nitrogens with one attached hydrogen (secondary N) is 1. The summed E-state index contributed by atoms with van der Waals surface area (Å²) in [5.41, 5.74) is -1.13. The van der Waals surface area contributed by atoms with Gasteiger partial charge in [0.15, 0.2) is 11.6 Å². The normalized spacial score (nSPS) is 41.4. The molecule has 3 saturated carbocycles. The van der Waals surface area contributed by atoms with E-state index in [0.29, 0.717) is 18.5 Å². The van der Waals surface area contributed by atoms with Crippen molar-refractivity contribution in [3.63, 3.8) is 0 Å². The maximum atomic E-state index is 13.8. The molecule has 5 aliphatic rings. The minimum absolute atomic E-state index is 0.0104. The molecule has 1 aliphatic heterocycles. The SMILES string of the molecule is C[C@]12C=CC(=O)C=C1CC[C@@H]1[C@@H]2[C@@H](O)C[C@@]2(C)[C@H]1C[C@H]1C(C(=O)O)N(C(=O)Nc3ccccc3)C[C@]12C(=O)CO. The smallest absolute Gasteiger partial charge is 0.326 e.